The number of likely N-dealkylation sites (tertiary alicyclic amines) is 1. The Balaban J connectivity index is 1.83. The summed E-state index contributed by atoms with van der Waals surface area (Å²) in [7, 11) is 0. The van der Waals surface area contributed by atoms with Crippen molar-refractivity contribution >= 4 is 35.1 Å². The molecule has 1 heterocycles. The summed E-state index contributed by atoms with van der Waals surface area (Å²) in [5, 5.41) is 7.66. The van der Waals surface area contributed by atoms with Gasteiger partial charge >= 0.3 is 0 Å². The summed E-state index contributed by atoms with van der Waals surface area (Å²) >= 11 is 12.0. The van der Waals surface area contributed by atoms with Gasteiger partial charge in [0.25, 0.3) is 0 Å². The van der Waals surface area contributed by atoms with Gasteiger partial charge in [0, 0.05) is 36.2 Å². The second kappa shape index (κ2) is 9.74. The molecule has 0 aromatic heterocycles. The van der Waals surface area contributed by atoms with Gasteiger partial charge in [0.15, 0.2) is 5.96 Å². The predicted molar refractivity (Wildman–Crippen MR) is 100.0 cm³/mol. The van der Waals surface area contributed by atoms with E-state index in [1.54, 1.807) is 6.07 Å². The highest BCUT2D eigenvalue weighted by molar-refractivity contribution is 6.34. The van der Waals surface area contributed by atoms with E-state index >= 15 is 0 Å². The molecular formula is C17H24Cl2N4O. The molecular weight excluding hydrogens is 347 g/mol. The summed E-state index contributed by atoms with van der Waals surface area (Å²) in [6.45, 7) is 5.31. The van der Waals surface area contributed by atoms with E-state index in [1.807, 2.05) is 24.0 Å². The highest BCUT2D eigenvalue weighted by Crippen LogP contribution is 2.19. The maximum atomic E-state index is 12.1. The van der Waals surface area contributed by atoms with Crippen LogP contribution in [0, 0.1) is 0 Å². The Morgan fingerprint density at radius 1 is 1.17 bits per heavy atom. The number of amides is 1. The molecule has 1 aliphatic rings. The molecule has 5 nitrogen and oxygen atoms in total. The molecule has 7 heteroatoms. The van der Waals surface area contributed by atoms with Gasteiger partial charge in [0.2, 0.25) is 5.91 Å². The summed E-state index contributed by atoms with van der Waals surface area (Å²) in [6, 6.07) is 5.52. The van der Waals surface area contributed by atoms with Gasteiger partial charge in [0.1, 0.15) is 6.54 Å². The third-order valence-corrected chi connectivity index (χ3v) is 4.24. The van der Waals surface area contributed by atoms with Crippen LogP contribution >= 0.6 is 23.2 Å². The van der Waals surface area contributed by atoms with Crippen LogP contribution in [0.5, 0.6) is 0 Å². The van der Waals surface area contributed by atoms with Crippen LogP contribution in [0.15, 0.2) is 23.2 Å². The minimum absolute atomic E-state index is 0.0892. The summed E-state index contributed by atoms with van der Waals surface area (Å²) in [6.07, 6.45) is 2.96. The Kier molecular flexibility index (Phi) is 7.66. The first-order chi connectivity index (χ1) is 11.6. The van der Waals surface area contributed by atoms with Crippen LogP contribution in [0.3, 0.4) is 0 Å². The van der Waals surface area contributed by atoms with Crippen LogP contribution in [-0.2, 0) is 11.2 Å². The first kappa shape index (κ1) is 18.9. The van der Waals surface area contributed by atoms with Crippen LogP contribution in [0.1, 0.15) is 25.3 Å². The first-order valence-corrected chi connectivity index (χ1v) is 9.09. The highest BCUT2D eigenvalue weighted by Gasteiger charge is 2.17. The smallest absolute Gasteiger partial charge is 0.244 e. The normalized spacial score (nSPS) is 14.8. The van der Waals surface area contributed by atoms with Crippen molar-refractivity contribution in [3.63, 3.8) is 0 Å². The zero-order valence-corrected chi connectivity index (χ0v) is 15.5. The Morgan fingerprint density at radius 3 is 2.46 bits per heavy atom. The van der Waals surface area contributed by atoms with Crippen LogP contribution in [-0.4, -0.2) is 49.5 Å². The standard InChI is InChI=1S/C17H24Cl2N4O/c1-2-20-17(22-12-16(24)23-7-3-4-8-23)21-6-5-13-9-14(18)11-15(19)10-13/h9-11H,2-8,12H2,1H3,(H2,20,21,22). The summed E-state index contributed by atoms with van der Waals surface area (Å²) in [4.78, 5) is 18.3. The predicted octanol–water partition coefficient (Wildman–Crippen LogP) is 2.71. The molecule has 0 radical (unpaired) electrons. The molecule has 1 aliphatic heterocycles. The molecule has 1 aromatic carbocycles. The molecule has 2 rings (SSSR count). The van der Waals surface area contributed by atoms with Crippen molar-refractivity contribution in [1.29, 1.82) is 0 Å². The lowest BCUT2D eigenvalue weighted by Gasteiger charge is -2.15. The van der Waals surface area contributed by atoms with E-state index in [9.17, 15) is 4.79 Å². The third kappa shape index (κ3) is 6.21. The van der Waals surface area contributed by atoms with Crippen molar-refractivity contribution in [2.45, 2.75) is 26.2 Å². The number of hydrogen-bond donors (Lipinski definition) is 2. The monoisotopic (exact) mass is 370 g/mol. The molecule has 1 saturated heterocycles. The molecule has 2 N–H and O–H groups in total. The largest absolute Gasteiger partial charge is 0.357 e. The van der Waals surface area contributed by atoms with Gasteiger partial charge in [-0.2, -0.15) is 0 Å². The summed E-state index contributed by atoms with van der Waals surface area (Å²) in [5.74, 6) is 0.740. The van der Waals surface area contributed by atoms with Crippen LogP contribution in [0.2, 0.25) is 10.0 Å². The van der Waals surface area contributed by atoms with E-state index in [0.29, 0.717) is 22.5 Å². The number of benzene rings is 1. The number of guanidine groups is 1. The van der Waals surface area contributed by atoms with Crippen molar-refractivity contribution in [3.8, 4) is 0 Å². The van der Waals surface area contributed by atoms with Gasteiger partial charge in [-0.25, -0.2) is 4.99 Å². The quantitative estimate of drug-likeness (QED) is 0.597. The number of nitrogens with zero attached hydrogens (tertiary/aromatic N) is 2. The molecule has 0 atom stereocenters. The number of hydrogen-bond acceptors (Lipinski definition) is 2. The molecule has 0 unspecified atom stereocenters. The number of halogens is 2. The number of carbonyl (C=O) groups is 1. The minimum atomic E-state index is 0.0892. The van der Waals surface area contributed by atoms with Crippen LogP contribution in [0.25, 0.3) is 0 Å². The fraction of sp³-hybridized carbons (Fsp3) is 0.529. The average molecular weight is 371 g/mol. The minimum Gasteiger partial charge on any atom is -0.357 e. The molecule has 1 aromatic rings. The second-order valence-electron chi connectivity index (χ2n) is 5.74. The lowest BCUT2D eigenvalue weighted by Crippen LogP contribution is -2.39. The zero-order chi connectivity index (χ0) is 17.4. The number of aliphatic imine (C=N–C) groups is 1. The van der Waals surface area contributed by atoms with E-state index < -0.39 is 0 Å². The van der Waals surface area contributed by atoms with Gasteiger partial charge in [-0.1, -0.05) is 23.2 Å². The maximum absolute atomic E-state index is 12.1. The van der Waals surface area contributed by atoms with Crippen molar-refractivity contribution < 1.29 is 4.79 Å². The van der Waals surface area contributed by atoms with E-state index in [0.717, 1.165) is 44.5 Å². The SMILES string of the molecule is CCNC(=NCC(=O)N1CCCC1)NCCc1cc(Cl)cc(Cl)c1. The molecule has 0 bridgehead atoms. The third-order valence-electron chi connectivity index (χ3n) is 3.80. The molecule has 24 heavy (non-hydrogen) atoms. The molecule has 1 fully saturated rings. The zero-order valence-electron chi connectivity index (χ0n) is 13.9. The van der Waals surface area contributed by atoms with Crippen LogP contribution < -0.4 is 10.6 Å². The highest BCUT2D eigenvalue weighted by atomic mass is 35.5. The van der Waals surface area contributed by atoms with Gasteiger partial charge in [-0.3, -0.25) is 4.79 Å². The maximum Gasteiger partial charge on any atom is 0.244 e. The number of carbonyl (C=O) groups excluding carboxylic acids is 1. The second-order valence-corrected chi connectivity index (χ2v) is 6.61. The lowest BCUT2D eigenvalue weighted by atomic mass is 10.1. The van der Waals surface area contributed by atoms with Crippen molar-refractivity contribution in [2.24, 2.45) is 4.99 Å². The number of rotatable bonds is 6. The molecule has 0 aliphatic carbocycles. The Morgan fingerprint density at radius 2 is 1.83 bits per heavy atom. The Hall–Kier alpha value is -1.46. The van der Waals surface area contributed by atoms with E-state index in [2.05, 4.69) is 15.6 Å². The van der Waals surface area contributed by atoms with Gasteiger partial charge in [-0.15, -0.1) is 0 Å². The van der Waals surface area contributed by atoms with Crippen molar-refractivity contribution in [3.05, 3.63) is 33.8 Å². The van der Waals surface area contributed by atoms with E-state index in [4.69, 9.17) is 23.2 Å². The van der Waals surface area contributed by atoms with E-state index in [-0.39, 0.29) is 12.5 Å². The van der Waals surface area contributed by atoms with E-state index in [1.165, 1.54) is 0 Å². The van der Waals surface area contributed by atoms with Gasteiger partial charge in [-0.05, 0) is 49.9 Å². The molecule has 132 valence electrons. The lowest BCUT2D eigenvalue weighted by molar-refractivity contribution is -0.128. The Bertz CT molecular complexity index is 566. The molecule has 0 spiro atoms. The Labute approximate surface area is 153 Å². The van der Waals surface area contributed by atoms with Gasteiger partial charge in [0.05, 0.1) is 0 Å². The summed E-state index contributed by atoms with van der Waals surface area (Å²) < 4.78 is 0. The summed E-state index contributed by atoms with van der Waals surface area (Å²) in [5.41, 5.74) is 1.06. The topological polar surface area (TPSA) is 56.7 Å². The molecule has 1 amide bonds. The number of nitrogens with one attached hydrogen (secondary N) is 2. The fourth-order valence-corrected chi connectivity index (χ4v) is 3.21. The van der Waals surface area contributed by atoms with Crippen LogP contribution in [0.4, 0.5) is 0 Å². The average Bonchev–Trinajstić information content (AvgIpc) is 3.06. The molecule has 0 saturated carbocycles. The first-order valence-electron chi connectivity index (χ1n) is 8.33. The fourth-order valence-electron chi connectivity index (χ4n) is 2.64. The van der Waals surface area contributed by atoms with Gasteiger partial charge < -0.3 is 15.5 Å². The van der Waals surface area contributed by atoms with Crippen molar-refractivity contribution in [1.82, 2.24) is 15.5 Å². The van der Waals surface area contributed by atoms with Crippen molar-refractivity contribution in [2.75, 3.05) is 32.7 Å².